The van der Waals surface area contributed by atoms with Gasteiger partial charge in [-0.3, -0.25) is 9.59 Å². The number of ether oxygens (including phenoxy) is 1. The van der Waals surface area contributed by atoms with Crippen LogP contribution in [0.15, 0.2) is 0 Å². The number of carbonyl (C=O) groups is 2. The molecule has 0 rings (SSSR count). The van der Waals surface area contributed by atoms with Crippen molar-refractivity contribution in [3.05, 3.63) is 0 Å². The zero-order valence-corrected chi connectivity index (χ0v) is 13.1. The number of rotatable bonds is 10. The van der Waals surface area contributed by atoms with E-state index in [4.69, 9.17) is 0 Å². The third-order valence-corrected chi connectivity index (χ3v) is 3.87. The highest BCUT2D eigenvalue weighted by molar-refractivity contribution is 7.89. The van der Waals surface area contributed by atoms with Gasteiger partial charge in [0.25, 0.3) is 0 Å². The third-order valence-electron chi connectivity index (χ3n) is 2.40. The number of sulfonamides is 1. The van der Waals surface area contributed by atoms with Gasteiger partial charge in [-0.25, -0.2) is 13.1 Å². The van der Waals surface area contributed by atoms with Gasteiger partial charge in [0.1, 0.15) is 0 Å². The minimum Gasteiger partial charge on any atom is -0.469 e. The number of hydrogen-bond acceptors (Lipinski definition) is 5. The van der Waals surface area contributed by atoms with E-state index < -0.39 is 16.0 Å². The first-order chi connectivity index (χ1) is 9.26. The minimum absolute atomic E-state index is 0.0600. The van der Waals surface area contributed by atoms with E-state index in [1.807, 2.05) is 13.8 Å². The molecule has 0 spiro atoms. The predicted molar refractivity (Wildman–Crippen MR) is 75.5 cm³/mol. The van der Waals surface area contributed by atoms with E-state index in [-0.39, 0.29) is 37.5 Å². The fourth-order valence-electron chi connectivity index (χ4n) is 1.31. The van der Waals surface area contributed by atoms with E-state index in [0.717, 1.165) is 0 Å². The predicted octanol–water partition coefficient (Wildman–Crippen LogP) is 0.0213. The Bertz CT molecular complexity index is 406. The normalized spacial score (nSPS) is 11.4. The van der Waals surface area contributed by atoms with Crippen molar-refractivity contribution in [1.29, 1.82) is 0 Å². The molecule has 0 aromatic heterocycles. The molecule has 2 N–H and O–H groups in total. The number of carbonyl (C=O) groups excluding carboxylic acids is 2. The highest BCUT2D eigenvalue weighted by atomic mass is 32.2. The molecule has 8 heteroatoms. The van der Waals surface area contributed by atoms with Crippen LogP contribution in [0.2, 0.25) is 0 Å². The summed E-state index contributed by atoms with van der Waals surface area (Å²) in [5, 5.41) is 2.70. The molecule has 0 aromatic rings. The van der Waals surface area contributed by atoms with Crippen LogP contribution in [0, 0.1) is 5.92 Å². The molecule has 7 nitrogen and oxygen atoms in total. The molecule has 0 radical (unpaired) electrons. The lowest BCUT2D eigenvalue weighted by atomic mass is 10.2. The van der Waals surface area contributed by atoms with Crippen molar-refractivity contribution in [2.24, 2.45) is 5.92 Å². The Balaban J connectivity index is 3.82. The zero-order chi connectivity index (χ0) is 15.6. The van der Waals surface area contributed by atoms with Crippen LogP contribution < -0.4 is 10.0 Å². The molecule has 0 bridgehead atoms. The molecular weight excluding hydrogens is 284 g/mol. The van der Waals surface area contributed by atoms with Crippen molar-refractivity contribution in [2.45, 2.75) is 33.1 Å². The molecule has 0 aromatic carbocycles. The molecule has 0 aliphatic rings. The van der Waals surface area contributed by atoms with Gasteiger partial charge in [-0.1, -0.05) is 13.8 Å². The molecule has 0 aliphatic carbocycles. The molecule has 0 heterocycles. The molecule has 0 atom stereocenters. The Morgan fingerprint density at radius 1 is 1.20 bits per heavy atom. The van der Waals surface area contributed by atoms with E-state index in [1.54, 1.807) is 0 Å². The van der Waals surface area contributed by atoms with Gasteiger partial charge in [0.15, 0.2) is 0 Å². The quantitative estimate of drug-likeness (QED) is 0.554. The molecule has 0 unspecified atom stereocenters. The van der Waals surface area contributed by atoms with E-state index in [1.165, 1.54) is 7.11 Å². The molecular formula is C12H24N2O5S. The second-order valence-electron chi connectivity index (χ2n) is 4.84. The third kappa shape index (κ3) is 10.7. The van der Waals surface area contributed by atoms with Crippen LogP contribution in [0.1, 0.15) is 33.1 Å². The van der Waals surface area contributed by atoms with E-state index >= 15 is 0 Å². The van der Waals surface area contributed by atoms with Crippen LogP contribution >= 0.6 is 0 Å². The standard InChI is InChI=1S/C12H24N2O5S/c1-10(2)9-13-11(15)6-7-14-20(17,18)8-4-5-12(16)19-3/h10,14H,4-9H2,1-3H3,(H,13,15). The van der Waals surface area contributed by atoms with Crippen molar-refractivity contribution in [3.63, 3.8) is 0 Å². The fraction of sp³-hybridized carbons (Fsp3) is 0.833. The van der Waals surface area contributed by atoms with Gasteiger partial charge in [-0.2, -0.15) is 0 Å². The topological polar surface area (TPSA) is 102 Å². The number of hydrogen-bond donors (Lipinski definition) is 2. The summed E-state index contributed by atoms with van der Waals surface area (Å²) >= 11 is 0. The Kier molecular flexibility index (Phi) is 9.15. The summed E-state index contributed by atoms with van der Waals surface area (Å²) in [4.78, 5) is 22.2. The van der Waals surface area contributed by atoms with Gasteiger partial charge in [0.05, 0.1) is 12.9 Å². The average molecular weight is 308 g/mol. The molecule has 0 saturated heterocycles. The maximum absolute atomic E-state index is 11.6. The van der Waals surface area contributed by atoms with Crippen molar-refractivity contribution < 1.29 is 22.7 Å². The first-order valence-corrected chi connectivity index (χ1v) is 8.23. The van der Waals surface area contributed by atoms with Gasteiger partial charge >= 0.3 is 5.97 Å². The van der Waals surface area contributed by atoms with Crippen molar-refractivity contribution in [1.82, 2.24) is 10.0 Å². The first-order valence-electron chi connectivity index (χ1n) is 6.57. The highest BCUT2D eigenvalue weighted by Crippen LogP contribution is 1.96. The summed E-state index contributed by atoms with van der Waals surface area (Å²) in [7, 11) is -2.20. The maximum atomic E-state index is 11.6. The second-order valence-corrected chi connectivity index (χ2v) is 6.77. The molecule has 0 saturated carbocycles. The maximum Gasteiger partial charge on any atom is 0.305 e. The fourth-order valence-corrected chi connectivity index (χ4v) is 2.39. The molecule has 20 heavy (non-hydrogen) atoms. The number of nitrogens with one attached hydrogen (secondary N) is 2. The van der Waals surface area contributed by atoms with Gasteiger partial charge in [0, 0.05) is 25.9 Å². The summed E-state index contributed by atoms with van der Waals surface area (Å²) in [5.41, 5.74) is 0. The van der Waals surface area contributed by atoms with Crippen LogP contribution in [0.4, 0.5) is 0 Å². The summed E-state index contributed by atoms with van der Waals surface area (Å²) in [6.07, 6.45) is 0.358. The monoisotopic (exact) mass is 308 g/mol. The van der Waals surface area contributed by atoms with Gasteiger partial charge in [-0.05, 0) is 12.3 Å². The van der Waals surface area contributed by atoms with Crippen molar-refractivity contribution in [3.8, 4) is 0 Å². The Morgan fingerprint density at radius 2 is 1.85 bits per heavy atom. The van der Waals surface area contributed by atoms with Gasteiger partial charge in [-0.15, -0.1) is 0 Å². The first kappa shape index (κ1) is 18.9. The summed E-state index contributed by atoms with van der Waals surface area (Å²) in [5.74, 6) is -0.423. The number of methoxy groups -OCH3 is 1. The second kappa shape index (κ2) is 9.71. The molecule has 0 aliphatic heterocycles. The summed E-state index contributed by atoms with van der Waals surface area (Å²) in [6.45, 7) is 4.59. The lowest BCUT2D eigenvalue weighted by Gasteiger charge is -2.08. The Labute approximate surface area is 120 Å². The van der Waals surface area contributed by atoms with E-state index in [2.05, 4.69) is 14.8 Å². The van der Waals surface area contributed by atoms with Crippen LogP contribution in [0.5, 0.6) is 0 Å². The minimum atomic E-state index is -3.45. The summed E-state index contributed by atoms with van der Waals surface area (Å²) < 4.78 is 29.9. The lowest BCUT2D eigenvalue weighted by Crippen LogP contribution is -2.33. The SMILES string of the molecule is COC(=O)CCCS(=O)(=O)NCCC(=O)NCC(C)C. The smallest absolute Gasteiger partial charge is 0.305 e. The Hall–Kier alpha value is -1.15. The largest absolute Gasteiger partial charge is 0.469 e. The van der Waals surface area contributed by atoms with Crippen LogP contribution in [0.3, 0.4) is 0 Å². The van der Waals surface area contributed by atoms with Crippen molar-refractivity contribution in [2.75, 3.05) is 26.0 Å². The number of esters is 1. The zero-order valence-electron chi connectivity index (χ0n) is 12.3. The van der Waals surface area contributed by atoms with Crippen molar-refractivity contribution >= 4 is 21.9 Å². The van der Waals surface area contributed by atoms with Crippen LogP contribution in [-0.2, 0) is 24.3 Å². The molecule has 1 amide bonds. The highest BCUT2D eigenvalue weighted by Gasteiger charge is 2.12. The van der Waals surface area contributed by atoms with Gasteiger partial charge < -0.3 is 10.1 Å². The number of amides is 1. The van der Waals surface area contributed by atoms with Crippen LogP contribution in [0.25, 0.3) is 0 Å². The van der Waals surface area contributed by atoms with Gasteiger partial charge in [0.2, 0.25) is 15.9 Å². The van der Waals surface area contributed by atoms with Crippen LogP contribution in [-0.4, -0.2) is 46.2 Å². The van der Waals surface area contributed by atoms with E-state index in [0.29, 0.717) is 12.5 Å². The lowest BCUT2D eigenvalue weighted by molar-refractivity contribution is -0.140. The molecule has 118 valence electrons. The summed E-state index contributed by atoms with van der Waals surface area (Å²) in [6, 6.07) is 0. The van der Waals surface area contributed by atoms with E-state index in [9.17, 15) is 18.0 Å². The average Bonchev–Trinajstić information content (AvgIpc) is 2.35. The Morgan fingerprint density at radius 3 is 2.40 bits per heavy atom. The molecule has 0 fully saturated rings.